The zero-order valence-corrected chi connectivity index (χ0v) is 17.0. The Balaban J connectivity index is 1.58. The summed E-state index contributed by atoms with van der Waals surface area (Å²) in [5.41, 5.74) is 1.47. The summed E-state index contributed by atoms with van der Waals surface area (Å²) in [4.78, 5) is 19.6. The number of benzene rings is 1. The fraction of sp³-hybridized carbons (Fsp3) is 0.389. The number of rotatable bonds is 11. The first-order valence-electron chi connectivity index (χ1n) is 8.98. The highest BCUT2D eigenvalue weighted by molar-refractivity contribution is 6.42. The van der Waals surface area contributed by atoms with E-state index in [4.69, 9.17) is 37.8 Å². The first-order chi connectivity index (χ1) is 14.1. The molecule has 0 saturated carbocycles. The molecule has 0 atom stereocenters. The number of aliphatic hydroxyl groups excluding tert-OH is 1. The van der Waals surface area contributed by atoms with Gasteiger partial charge in [-0.25, -0.2) is 4.98 Å². The molecule has 0 amide bonds. The van der Waals surface area contributed by atoms with Crippen molar-refractivity contribution in [2.45, 2.75) is 13.1 Å². The Kier molecular flexibility index (Phi) is 7.84. The van der Waals surface area contributed by atoms with Gasteiger partial charge in [-0.2, -0.15) is 5.10 Å². The number of ether oxygens (including phenoxy) is 2. The average Bonchev–Trinajstić information content (AvgIpc) is 3.12. The number of fused-ring (bicyclic) bond motifs is 1. The molecule has 1 aromatic carbocycles. The summed E-state index contributed by atoms with van der Waals surface area (Å²) < 4.78 is 12.1. The van der Waals surface area contributed by atoms with Gasteiger partial charge in [-0.1, -0.05) is 29.3 Å². The predicted octanol–water partition coefficient (Wildman–Crippen LogP) is 2.06. The molecule has 9 nitrogen and oxygen atoms in total. The molecule has 0 aliphatic rings. The Morgan fingerprint density at radius 2 is 1.93 bits per heavy atom. The molecule has 3 rings (SSSR count). The van der Waals surface area contributed by atoms with E-state index >= 15 is 0 Å². The van der Waals surface area contributed by atoms with Crippen LogP contribution >= 0.6 is 23.2 Å². The fourth-order valence-corrected chi connectivity index (χ4v) is 2.95. The van der Waals surface area contributed by atoms with Crippen LogP contribution in [-0.4, -0.2) is 57.9 Å². The van der Waals surface area contributed by atoms with Crippen LogP contribution in [0.15, 0.2) is 29.2 Å². The number of nitrogens with zero attached hydrogens (tertiary/aromatic N) is 3. The monoisotopic (exact) mass is 441 g/mol. The van der Waals surface area contributed by atoms with Gasteiger partial charge in [0.15, 0.2) is 5.52 Å². The quantitative estimate of drug-likeness (QED) is 0.390. The molecule has 0 unspecified atom stereocenters. The first kappa shape index (κ1) is 21.5. The fourth-order valence-electron chi connectivity index (χ4n) is 2.63. The number of aliphatic hydroxyl groups is 1. The van der Waals surface area contributed by atoms with Gasteiger partial charge < -0.3 is 19.9 Å². The summed E-state index contributed by atoms with van der Waals surface area (Å²) in [5.74, 6) is 0.338. The lowest BCUT2D eigenvalue weighted by Crippen LogP contribution is -2.18. The van der Waals surface area contributed by atoms with Crippen LogP contribution in [0.1, 0.15) is 5.56 Å². The van der Waals surface area contributed by atoms with Crippen molar-refractivity contribution in [1.82, 2.24) is 19.7 Å². The molecule has 11 heteroatoms. The van der Waals surface area contributed by atoms with Crippen LogP contribution in [0.3, 0.4) is 0 Å². The lowest BCUT2D eigenvalue weighted by molar-refractivity contribution is 0.0306. The molecule has 0 saturated heterocycles. The summed E-state index contributed by atoms with van der Waals surface area (Å²) >= 11 is 11.9. The Bertz CT molecular complexity index is 1010. The smallest absolute Gasteiger partial charge is 0.278 e. The third kappa shape index (κ3) is 5.91. The number of anilines is 1. The van der Waals surface area contributed by atoms with Gasteiger partial charge in [-0.3, -0.25) is 14.5 Å². The molecule has 0 spiro atoms. The number of hydrogen-bond acceptors (Lipinski definition) is 7. The number of H-pyrrole nitrogens is 1. The maximum Gasteiger partial charge on any atom is 0.278 e. The van der Waals surface area contributed by atoms with Crippen LogP contribution in [-0.2, 0) is 22.6 Å². The molecule has 0 aliphatic carbocycles. The summed E-state index contributed by atoms with van der Waals surface area (Å²) in [6.45, 7) is 2.27. The molecule has 29 heavy (non-hydrogen) atoms. The summed E-state index contributed by atoms with van der Waals surface area (Å²) in [6, 6.07) is 5.30. The van der Waals surface area contributed by atoms with Crippen LogP contribution in [0.4, 0.5) is 5.95 Å². The van der Waals surface area contributed by atoms with Crippen molar-refractivity contribution in [2.75, 3.05) is 38.4 Å². The molecular formula is C18H21Cl2N5O4. The highest BCUT2D eigenvalue weighted by atomic mass is 35.5. The van der Waals surface area contributed by atoms with Gasteiger partial charge in [0.2, 0.25) is 5.95 Å². The van der Waals surface area contributed by atoms with Gasteiger partial charge in [0, 0.05) is 6.54 Å². The normalized spacial score (nSPS) is 11.3. The van der Waals surface area contributed by atoms with Gasteiger partial charge in [-0.15, -0.1) is 0 Å². The van der Waals surface area contributed by atoms with E-state index < -0.39 is 0 Å². The van der Waals surface area contributed by atoms with Gasteiger partial charge in [0.05, 0.1) is 55.8 Å². The lowest BCUT2D eigenvalue weighted by atomic mass is 10.2. The molecule has 0 fully saturated rings. The first-order valence-corrected chi connectivity index (χ1v) is 9.74. The molecule has 2 heterocycles. The third-order valence-electron chi connectivity index (χ3n) is 4.00. The third-order valence-corrected chi connectivity index (χ3v) is 4.74. The standard InChI is InChI=1S/C18H21Cl2N5O4/c19-13-2-1-12(9-14(13)20)10-21-18-23-15-11-22-25(16(15)17(27)24-18)3-5-28-7-8-29-6-4-26/h1-2,9,11,26H,3-8,10H2,(H2,21,23,24,27). The number of halogens is 2. The SMILES string of the molecule is O=c1[nH]c(NCc2ccc(Cl)c(Cl)c2)nc2cnn(CCOCCOCCO)c12. The molecular weight excluding hydrogens is 421 g/mol. The minimum absolute atomic E-state index is 0.0145. The van der Waals surface area contributed by atoms with Crippen molar-refractivity contribution in [1.29, 1.82) is 0 Å². The van der Waals surface area contributed by atoms with Gasteiger partial charge in [0.1, 0.15) is 5.52 Å². The van der Waals surface area contributed by atoms with E-state index in [0.717, 1.165) is 5.56 Å². The number of nitrogens with one attached hydrogen (secondary N) is 2. The number of hydrogen-bond donors (Lipinski definition) is 3. The maximum atomic E-state index is 12.5. The highest BCUT2D eigenvalue weighted by Gasteiger charge is 2.10. The van der Waals surface area contributed by atoms with Crippen molar-refractivity contribution in [3.63, 3.8) is 0 Å². The van der Waals surface area contributed by atoms with Crippen molar-refractivity contribution < 1.29 is 14.6 Å². The topological polar surface area (TPSA) is 114 Å². The van der Waals surface area contributed by atoms with E-state index in [-0.39, 0.29) is 18.8 Å². The van der Waals surface area contributed by atoms with Crippen LogP contribution in [0, 0.1) is 0 Å². The second-order valence-corrected chi connectivity index (χ2v) is 6.88. The molecule has 2 aromatic heterocycles. The van der Waals surface area contributed by atoms with Crippen molar-refractivity contribution in [3.8, 4) is 0 Å². The van der Waals surface area contributed by atoms with Gasteiger partial charge >= 0.3 is 0 Å². The lowest BCUT2D eigenvalue weighted by Gasteiger charge is -2.08. The van der Waals surface area contributed by atoms with E-state index in [0.29, 0.717) is 59.9 Å². The highest BCUT2D eigenvalue weighted by Crippen LogP contribution is 2.22. The second kappa shape index (κ2) is 10.6. The van der Waals surface area contributed by atoms with E-state index in [1.165, 1.54) is 0 Å². The number of aromatic amines is 1. The van der Waals surface area contributed by atoms with Crippen molar-refractivity contribution in [2.24, 2.45) is 0 Å². The van der Waals surface area contributed by atoms with Crippen molar-refractivity contribution >= 4 is 40.2 Å². The molecule has 3 N–H and O–H groups in total. The summed E-state index contributed by atoms with van der Waals surface area (Å²) in [5, 5.41) is 16.8. The van der Waals surface area contributed by atoms with E-state index in [1.54, 1.807) is 23.0 Å². The second-order valence-electron chi connectivity index (χ2n) is 6.07. The van der Waals surface area contributed by atoms with Gasteiger partial charge in [-0.05, 0) is 17.7 Å². The molecule has 0 aliphatic heterocycles. The zero-order valence-electron chi connectivity index (χ0n) is 15.5. The number of aromatic nitrogens is 4. The molecule has 0 bridgehead atoms. The van der Waals surface area contributed by atoms with E-state index in [2.05, 4.69) is 20.4 Å². The Hall–Kier alpha value is -2.17. The summed E-state index contributed by atoms with van der Waals surface area (Å²) in [7, 11) is 0. The maximum absolute atomic E-state index is 12.5. The largest absolute Gasteiger partial charge is 0.394 e. The van der Waals surface area contributed by atoms with Crippen molar-refractivity contribution in [3.05, 3.63) is 50.4 Å². The Labute approximate surface area is 176 Å². The Morgan fingerprint density at radius 3 is 2.69 bits per heavy atom. The van der Waals surface area contributed by atoms with Crippen LogP contribution in [0.5, 0.6) is 0 Å². The average molecular weight is 442 g/mol. The van der Waals surface area contributed by atoms with E-state index in [9.17, 15) is 4.79 Å². The van der Waals surface area contributed by atoms with Gasteiger partial charge in [0.25, 0.3) is 5.56 Å². The molecule has 156 valence electrons. The van der Waals surface area contributed by atoms with E-state index in [1.807, 2.05) is 6.07 Å². The molecule has 3 aromatic rings. The van der Waals surface area contributed by atoms with Crippen LogP contribution < -0.4 is 10.9 Å². The van der Waals surface area contributed by atoms with Crippen LogP contribution in [0.2, 0.25) is 10.0 Å². The minimum Gasteiger partial charge on any atom is -0.394 e. The predicted molar refractivity (Wildman–Crippen MR) is 111 cm³/mol. The van der Waals surface area contributed by atoms with Crippen LogP contribution in [0.25, 0.3) is 11.0 Å². The Morgan fingerprint density at radius 1 is 1.14 bits per heavy atom. The zero-order chi connectivity index (χ0) is 20.6. The summed E-state index contributed by atoms with van der Waals surface area (Å²) in [6.07, 6.45) is 1.54. The minimum atomic E-state index is -0.296. The molecule has 0 radical (unpaired) electrons.